The second kappa shape index (κ2) is 7.98. The van der Waals surface area contributed by atoms with Crippen LogP contribution in [0.1, 0.15) is 36.8 Å². The van der Waals surface area contributed by atoms with Gasteiger partial charge < -0.3 is 26.0 Å². The Morgan fingerprint density at radius 2 is 1.82 bits per heavy atom. The van der Waals surface area contributed by atoms with Gasteiger partial charge in [0.2, 0.25) is 5.91 Å². The first-order valence-electron chi connectivity index (χ1n) is 10.6. The molecule has 5 rings (SSSR count). The van der Waals surface area contributed by atoms with Crippen molar-refractivity contribution in [3.8, 4) is 0 Å². The van der Waals surface area contributed by atoms with Crippen LogP contribution in [0, 0.1) is 5.92 Å². The average molecular weight is 490 g/mol. The van der Waals surface area contributed by atoms with Gasteiger partial charge in [-0.1, -0.05) is 12.1 Å². The number of carbonyl (C=O) groups is 3. The first-order chi connectivity index (χ1) is 15.7. The number of ether oxygens (including phenoxy) is 1. The molecule has 4 amide bonds. The summed E-state index contributed by atoms with van der Waals surface area (Å²) in [6.07, 6.45) is -4.75. The summed E-state index contributed by atoms with van der Waals surface area (Å²) in [5, 5.41) is 4.83. The van der Waals surface area contributed by atoms with Gasteiger partial charge in [0.1, 0.15) is 6.61 Å². The van der Waals surface area contributed by atoms with E-state index in [1.165, 1.54) is 17.0 Å². The zero-order valence-corrected chi connectivity index (χ0v) is 17.9. The molecule has 8 nitrogen and oxygen atoms in total. The molecule has 4 aliphatic carbocycles. The van der Waals surface area contributed by atoms with E-state index in [1.54, 1.807) is 0 Å². The number of hydrogen-bond acceptors (Lipinski definition) is 4. The summed E-state index contributed by atoms with van der Waals surface area (Å²) in [6, 6.07) is 3.65. The number of alkyl carbamates (subject to hydrolysis) is 1. The van der Waals surface area contributed by atoms with E-state index >= 15 is 0 Å². The number of amides is 4. The Balaban J connectivity index is 1.39. The van der Waals surface area contributed by atoms with Gasteiger partial charge in [0.15, 0.2) is 0 Å². The number of urea groups is 1. The number of nitrogens with two attached hydrogens (primary N) is 1. The number of carbonyl (C=O) groups excluding carboxylic acids is 3. The lowest BCUT2D eigenvalue weighted by Gasteiger charge is -2.73. The minimum Gasteiger partial charge on any atom is -0.449 e. The number of rotatable bonds is 8. The maximum absolute atomic E-state index is 13.1. The molecule has 1 aromatic carbocycles. The molecular weight excluding hydrogens is 467 g/mol. The molecule has 0 aromatic heterocycles. The first-order valence-corrected chi connectivity index (χ1v) is 10.6. The maximum Gasteiger partial charge on any atom is 0.416 e. The van der Waals surface area contributed by atoms with Crippen LogP contribution in [-0.2, 0) is 22.3 Å². The summed E-state index contributed by atoms with van der Waals surface area (Å²) in [4.78, 5) is 37.2. The van der Waals surface area contributed by atoms with Gasteiger partial charge in [0.05, 0.1) is 29.1 Å². The van der Waals surface area contributed by atoms with Crippen LogP contribution >= 0.6 is 0 Å². The zero-order chi connectivity index (χ0) is 24.9. The van der Waals surface area contributed by atoms with Gasteiger partial charge in [-0.15, -0.1) is 0 Å². The van der Waals surface area contributed by atoms with Gasteiger partial charge in [-0.2, -0.15) is 13.2 Å². The van der Waals surface area contributed by atoms with E-state index in [4.69, 9.17) is 10.5 Å². The van der Waals surface area contributed by atoms with Crippen molar-refractivity contribution in [2.24, 2.45) is 11.7 Å². The van der Waals surface area contributed by atoms with Crippen molar-refractivity contribution >= 4 is 18.0 Å². The third-order valence-electron chi connectivity index (χ3n) is 6.62. The molecule has 0 heterocycles. The lowest BCUT2D eigenvalue weighted by molar-refractivity contribution is -0.189. The summed E-state index contributed by atoms with van der Waals surface area (Å²) in [7, 11) is 0. The summed E-state index contributed by atoms with van der Waals surface area (Å²) in [6.45, 7) is -0.965. The summed E-state index contributed by atoms with van der Waals surface area (Å²) in [5.41, 5.74) is 3.02. The minimum atomic E-state index is -4.55. The third kappa shape index (κ3) is 4.73. The molecule has 1 unspecified atom stereocenters. The van der Waals surface area contributed by atoms with Gasteiger partial charge in [-0.05, 0) is 37.0 Å². The lowest BCUT2D eigenvalue weighted by atomic mass is 9.43. The Morgan fingerprint density at radius 3 is 2.38 bits per heavy atom. The van der Waals surface area contributed by atoms with Crippen molar-refractivity contribution in [1.82, 2.24) is 15.5 Å². The Kier molecular flexibility index (Phi) is 5.64. The molecule has 0 saturated heterocycles. The lowest BCUT2D eigenvalue weighted by Crippen LogP contribution is -2.84. The third-order valence-corrected chi connectivity index (χ3v) is 6.62. The molecule has 0 aliphatic heterocycles. The second-order valence-electron chi connectivity index (χ2n) is 9.32. The Hall–Kier alpha value is -3.12. The number of nitrogens with zero attached hydrogens (tertiary/aromatic N) is 1. The summed E-state index contributed by atoms with van der Waals surface area (Å²) >= 11 is 0. The quantitative estimate of drug-likeness (QED) is 0.487. The molecule has 4 aliphatic rings. The maximum atomic E-state index is 13.1. The Labute approximate surface area is 191 Å². The molecule has 1 atom stereocenters. The van der Waals surface area contributed by atoms with Gasteiger partial charge >= 0.3 is 18.3 Å². The molecule has 4 saturated carbocycles. The van der Waals surface area contributed by atoms with E-state index in [0.29, 0.717) is 19.3 Å². The SMILES string of the molecule is NC(=O)NCC(=O)N(Cc1cccc(C(F)(F)F)c1)C12CC(NC(=O)OCC3CC3(F)F)(C1)C2. The van der Waals surface area contributed by atoms with Crippen molar-refractivity contribution in [1.29, 1.82) is 0 Å². The molecule has 1 aromatic rings. The standard InChI is InChI=1S/C21H23F5N4O4/c22-20(23)5-14(20)8-34-17(33)29-18-9-19(10-18,11-18)30(15(31)6-28-16(27)32)7-12-2-1-3-13(4-12)21(24,25)26/h1-4,14H,5-11H2,(H,29,33)(H3,27,28,32). The highest BCUT2D eigenvalue weighted by Gasteiger charge is 2.72. The van der Waals surface area contributed by atoms with Gasteiger partial charge in [-0.25, -0.2) is 18.4 Å². The fourth-order valence-electron chi connectivity index (χ4n) is 4.84. The molecule has 34 heavy (non-hydrogen) atoms. The van der Waals surface area contributed by atoms with E-state index in [-0.39, 0.29) is 25.1 Å². The predicted octanol–water partition coefficient (Wildman–Crippen LogP) is 2.76. The zero-order valence-electron chi connectivity index (χ0n) is 17.9. The topological polar surface area (TPSA) is 114 Å². The summed E-state index contributed by atoms with van der Waals surface area (Å²) < 4.78 is 70.0. The van der Waals surface area contributed by atoms with Crippen LogP contribution < -0.4 is 16.4 Å². The number of hydrogen-bond donors (Lipinski definition) is 3. The van der Waals surface area contributed by atoms with Crippen LogP contribution in [0.4, 0.5) is 31.5 Å². The number of benzene rings is 1. The number of alkyl halides is 5. The minimum absolute atomic E-state index is 0.138. The summed E-state index contributed by atoms with van der Waals surface area (Å²) in [5.74, 6) is -4.32. The van der Waals surface area contributed by atoms with Crippen LogP contribution in [0.5, 0.6) is 0 Å². The molecule has 2 bridgehead atoms. The van der Waals surface area contributed by atoms with E-state index in [1.807, 2.05) is 0 Å². The van der Waals surface area contributed by atoms with Crippen LogP contribution in [0.15, 0.2) is 24.3 Å². The Morgan fingerprint density at radius 1 is 1.18 bits per heavy atom. The average Bonchev–Trinajstić information content (AvgIpc) is 3.30. The van der Waals surface area contributed by atoms with Crippen LogP contribution in [-0.4, -0.2) is 53.1 Å². The molecule has 0 spiro atoms. The Bertz CT molecular complexity index is 995. The monoisotopic (exact) mass is 490 g/mol. The number of halogens is 5. The van der Waals surface area contributed by atoms with E-state index < -0.39 is 59.2 Å². The molecule has 0 radical (unpaired) electrons. The predicted molar refractivity (Wildman–Crippen MR) is 106 cm³/mol. The highest BCUT2D eigenvalue weighted by Crippen LogP contribution is 2.64. The van der Waals surface area contributed by atoms with Crippen molar-refractivity contribution < 1.29 is 41.1 Å². The van der Waals surface area contributed by atoms with Crippen LogP contribution in [0.2, 0.25) is 0 Å². The fourth-order valence-corrected chi connectivity index (χ4v) is 4.84. The van der Waals surface area contributed by atoms with E-state index in [9.17, 15) is 36.3 Å². The molecule has 4 N–H and O–H groups in total. The highest BCUT2D eigenvalue weighted by atomic mass is 19.4. The smallest absolute Gasteiger partial charge is 0.416 e. The number of primary amides is 1. The van der Waals surface area contributed by atoms with Gasteiger partial charge in [0.25, 0.3) is 5.92 Å². The first kappa shape index (κ1) is 24.0. The van der Waals surface area contributed by atoms with Crippen molar-refractivity contribution in [2.45, 2.75) is 55.4 Å². The van der Waals surface area contributed by atoms with Crippen molar-refractivity contribution in [3.63, 3.8) is 0 Å². The molecule has 13 heteroatoms. The number of nitrogens with one attached hydrogen (secondary N) is 2. The van der Waals surface area contributed by atoms with E-state index in [2.05, 4.69) is 10.6 Å². The fraction of sp³-hybridized carbons (Fsp3) is 0.571. The largest absolute Gasteiger partial charge is 0.449 e. The van der Waals surface area contributed by atoms with Crippen LogP contribution in [0.3, 0.4) is 0 Å². The molecular formula is C21H23F5N4O4. The highest BCUT2D eigenvalue weighted by molar-refractivity contribution is 5.84. The molecule has 4 fully saturated rings. The van der Waals surface area contributed by atoms with Gasteiger partial charge in [-0.3, -0.25) is 4.79 Å². The normalized spacial score (nSPS) is 28.1. The van der Waals surface area contributed by atoms with Crippen LogP contribution in [0.25, 0.3) is 0 Å². The van der Waals surface area contributed by atoms with E-state index in [0.717, 1.165) is 12.1 Å². The van der Waals surface area contributed by atoms with Crippen molar-refractivity contribution in [2.75, 3.05) is 13.2 Å². The molecule has 186 valence electrons. The van der Waals surface area contributed by atoms with Gasteiger partial charge in [0, 0.05) is 13.0 Å². The second-order valence-corrected chi connectivity index (χ2v) is 9.32. The van der Waals surface area contributed by atoms with Crippen molar-refractivity contribution in [3.05, 3.63) is 35.4 Å².